The lowest BCUT2D eigenvalue weighted by Gasteiger charge is -2.09. The van der Waals surface area contributed by atoms with E-state index in [1.165, 1.54) is 6.33 Å². The zero-order chi connectivity index (χ0) is 16.1. The third-order valence-corrected chi connectivity index (χ3v) is 3.28. The van der Waals surface area contributed by atoms with Crippen molar-refractivity contribution in [3.05, 3.63) is 45.2 Å². The number of hydrogen-bond donors (Lipinski definition) is 1. The van der Waals surface area contributed by atoms with Gasteiger partial charge in [-0.3, -0.25) is 10.1 Å². The number of benzene rings is 1. The topological polar surface area (TPSA) is 90.2 Å². The Bertz CT molecular complexity index is 694. The lowest BCUT2D eigenvalue weighted by atomic mass is 10.2. The van der Waals surface area contributed by atoms with E-state index in [1.807, 2.05) is 13.8 Å². The van der Waals surface area contributed by atoms with Crippen LogP contribution in [0.25, 0.3) is 0 Å². The Hall–Kier alpha value is -2.41. The Morgan fingerprint density at radius 3 is 2.82 bits per heavy atom. The van der Waals surface area contributed by atoms with Gasteiger partial charge < -0.3 is 10.1 Å². The van der Waals surface area contributed by atoms with Crippen LogP contribution in [0.15, 0.2) is 24.5 Å². The number of anilines is 1. The van der Waals surface area contributed by atoms with E-state index < -0.39 is 4.92 Å². The van der Waals surface area contributed by atoms with Gasteiger partial charge in [-0.15, -0.1) is 0 Å². The fraction of sp³-hybridized carbons (Fsp3) is 0.286. The summed E-state index contributed by atoms with van der Waals surface area (Å²) in [7, 11) is 0. The second-order valence-corrected chi connectivity index (χ2v) is 4.98. The molecule has 0 fully saturated rings. The van der Waals surface area contributed by atoms with Crippen molar-refractivity contribution in [2.75, 3.05) is 11.9 Å². The number of rotatable bonds is 6. The lowest BCUT2D eigenvalue weighted by Crippen LogP contribution is -2.07. The van der Waals surface area contributed by atoms with Gasteiger partial charge in [0.15, 0.2) is 0 Å². The number of nitrogens with zero attached hydrogens (tertiary/aromatic N) is 3. The molecular weight excluding hydrogens is 308 g/mol. The second-order valence-electron chi connectivity index (χ2n) is 4.57. The second kappa shape index (κ2) is 7.04. The van der Waals surface area contributed by atoms with E-state index in [9.17, 15) is 10.1 Å². The number of hydrogen-bond acceptors (Lipinski definition) is 6. The zero-order valence-electron chi connectivity index (χ0n) is 12.2. The van der Waals surface area contributed by atoms with Gasteiger partial charge in [-0.25, -0.2) is 4.98 Å². The highest BCUT2D eigenvalue weighted by atomic mass is 35.5. The molecule has 0 amide bonds. The largest absolute Gasteiger partial charge is 0.434 e. The maximum Gasteiger partial charge on any atom is 0.373 e. The minimum Gasteiger partial charge on any atom is -0.434 e. The maximum atomic E-state index is 11.3. The first-order valence-electron chi connectivity index (χ1n) is 6.70. The number of aromatic nitrogens is 2. The van der Waals surface area contributed by atoms with Gasteiger partial charge in [-0.05, 0) is 37.1 Å². The van der Waals surface area contributed by atoms with E-state index in [0.29, 0.717) is 17.3 Å². The summed E-state index contributed by atoms with van der Waals surface area (Å²) < 4.78 is 5.54. The molecule has 1 aromatic heterocycles. The molecule has 0 aliphatic rings. The summed E-state index contributed by atoms with van der Waals surface area (Å²) in [6.45, 7) is 4.34. The molecule has 2 aromatic rings. The highest BCUT2D eigenvalue weighted by Gasteiger charge is 2.24. The molecule has 0 aliphatic heterocycles. The number of halogens is 1. The molecule has 1 heterocycles. The summed E-state index contributed by atoms with van der Waals surface area (Å²) in [5.41, 5.74) is 0.517. The molecule has 0 aliphatic carbocycles. The van der Waals surface area contributed by atoms with Crippen molar-refractivity contribution in [2.45, 2.75) is 20.3 Å². The molecule has 0 saturated carbocycles. The standard InChI is InChI=1S/C14H15ClN4O3/c1-3-6-16-13-12(19(20)21)14(18-8-17-13)22-10-4-5-11(15)9(2)7-10/h4-5,7-8H,3,6H2,1-2H3,(H,16,17,18). The minimum absolute atomic E-state index is 0.111. The van der Waals surface area contributed by atoms with Crippen molar-refractivity contribution in [2.24, 2.45) is 0 Å². The molecule has 7 nitrogen and oxygen atoms in total. The Morgan fingerprint density at radius 2 is 2.18 bits per heavy atom. The molecule has 2 rings (SSSR count). The first-order valence-corrected chi connectivity index (χ1v) is 7.08. The fourth-order valence-corrected chi connectivity index (χ4v) is 1.88. The predicted molar refractivity (Wildman–Crippen MR) is 83.7 cm³/mol. The third-order valence-electron chi connectivity index (χ3n) is 2.86. The summed E-state index contributed by atoms with van der Waals surface area (Å²) in [6.07, 6.45) is 2.04. The quantitative estimate of drug-likeness (QED) is 0.639. The van der Waals surface area contributed by atoms with Gasteiger partial charge in [0, 0.05) is 11.6 Å². The van der Waals surface area contributed by atoms with Crippen molar-refractivity contribution in [3.8, 4) is 11.6 Å². The predicted octanol–water partition coefficient (Wildman–Crippen LogP) is 3.96. The van der Waals surface area contributed by atoms with Crippen LogP contribution in [0.2, 0.25) is 5.02 Å². The van der Waals surface area contributed by atoms with Crippen LogP contribution in [0.4, 0.5) is 11.5 Å². The molecule has 0 bridgehead atoms. The van der Waals surface area contributed by atoms with Crippen molar-refractivity contribution >= 4 is 23.1 Å². The summed E-state index contributed by atoms with van der Waals surface area (Å²) in [5.74, 6) is 0.452. The van der Waals surface area contributed by atoms with E-state index in [4.69, 9.17) is 16.3 Å². The van der Waals surface area contributed by atoms with Gasteiger partial charge in [0.05, 0.1) is 4.92 Å². The van der Waals surface area contributed by atoms with Gasteiger partial charge in [0.1, 0.15) is 12.1 Å². The Balaban J connectivity index is 2.37. The van der Waals surface area contributed by atoms with Crippen LogP contribution in [0.5, 0.6) is 11.6 Å². The molecular formula is C14H15ClN4O3. The van der Waals surface area contributed by atoms with Crippen LogP contribution in [0.3, 0.4) is 0 Å². The van der Waals surface area contributed by atoms with Crippen molar-refractivity contribution in [1.29, 1.82) is 0 Å². The average Bonchev–Trinajstić information content (AvgIpc) is 2.48. The summed E-state index contributed by atoms with van der Waals surface area (Å²) in [5, 5.41) is 14.8. The van der Waals surface area contributed by atoms with E-state index in [0.717, 1.165) is 12.0 Å². The molecule has 0 saturated heterocycles. The first kappa shape index (κ1) is 16.0. The molecule has 1 N–H and O–H groups in total. The maximum absolute atomic E-state index is 11.3. The van der Waals surface area contributed by atoms with Crippen LogP contribution in [0.1, 0.15) is 18.9 Å². The number of nitro groups is 1. The molecule has 0 atom stereocenters. The summed E-state index contributed by atoms with van der Waals surface area (Å²) in [4.78, 5) is 18.5. The van der Waals surface area contributed by atoms with E-state index in [-0.39, 0.29) is 17.4 Å². The Labute approximate surface area is 132 Å². The first-order chi connectivity index (χ1) is 10.5. The van der Waals surface area contributed by atoms with Crippen molar-refractivity contribution in [1.82, 2.24) is 9.97 Å². The van der Waals surface area contributed by atoms with Crippen LogP contribution in [0, 0.1) is 17.0 Å². The van der Waals surface area contributed by atoms with Gasteiger partial charge in [0.2, 0.25) is 5.82 Å². The summed E-state index contributed by atoms with van der Waals surface area (Å²) in [6, 6.07) is 4.98. The number of nitrogens with one attached hydrogen (secondary N) is 1. The SMILES string of the molecule is CCCNc1ncnc(Oc2ccc(Cl)c(C)c2)c1[N+](=O)[O-]. The number of ether oxygens (including phenoxy) is 1. The van der Waals surface area contributed by atoms with E-state index >= 15 is 0 Å². The third kappa shape index (κ3) is 3.62. The van der Waals surface area contributed by atoms with Gasteiger partial charge in [0.25, 0.3) is 0 Å². The van der Waals surface area contributed by atoms with Gasteiger partial charge in [-0.1, -0.05) is 18.5 Å². The fourth-order valence-electron chi connectivity index (χ4n) is 1.77. The minimum atomic E-state index is -0.559. The van der Waals surface area contributed by atoms with E-state index in [1.54, 1.807) is 18.2 Å². The van der Waals surface area contributed by atoms with Crippen molar-refractivity contribution in [3.63, 3.8) is 0 Å². The normalized spacial score (nSPS) is 10.3. The molecule has 0 unspecified atom stereocenters. The van der Waals surface area contributed by atoms with Crippen LogP contribution < -0.4 is 10.1 Å². The average molecular weight is 323 g/mol. The highest BCUT2D eigenvalue weighted by Crippen LogP contribution is 2.34. The Morgan fingerprint density at radius 1 is 1.41 bits per heavy atom. The smallest absolute Gasteiger partial charge is 0.373 e. The number of aryl methyl sites for hydroxylation is 1. The van der Waals surface area contributed by atoms with E-state index in [2.05, 4.69) is 15.3 Å². The van der Waals surface area contributed by atoms with Gasteiger partial charge >= 0.3 is 11.6 Å². The molecule has 0 spiro atoms. The van der Waals surface area contributed by atoms with Crippen molar-refractivity contribution < 1.29 is 9.66 Å². The van der Waals surface area contributed by atoms with Crippen LogP contribution >= 0.6 is 11.6 Å². The molecule has 0 radical (unpaired) electrons. The molecule has 116 valence electrons. The molecule has 1 aromatic carbocycles. The lowest BCUT2D eigenvalue weighted by molar-refractivity contribution is -0.385. The van der Waals surface area contributed by atoms with Gasteiger partial charge in [-0.2, -0.15) is 4.98 Å². The molecule has 8 heteroatoms. The highest BCUT2D eigenvalue weighted by molar-refractivity contribution is 6.31. The van der Waals surface area contributed by atoms with Crippen LogP contribution in [-0.2, 0) is 0 Å². The molecule has 22 heavy (non-hydrogen) atoms. The summed E-state index contributed by atoms with van der Waals surface area (Å²) >= 11 is 5.95. The Kier molecular flexibility index (Phi) is 5.11. The van der Waals surface area contributed by atoms with Crippen LogP contribution in [-0.4, -0.2) is 21.4 Å². The zero-order valence-corrected chi connectivity index (χ0v) is 12.9. The monoisotopic (exact) mass is 322 g/mol.